The van der Waals surface area contributed by atoms with Crippen molar-refractivity contribution < 1.29 is 19.1 Å². The molecule has 0 aromatic heterocycles. The number of amides is 3. The fourth-order valence-electron chi connectivity index (χ4n) is 3.30. The highest BCUT2D eigenvalue weighted by Gasteiger charge is 2.15. The van der Waals surface area contributed by atoms with E-state index in [-0.39, 0.29) is 24.5 Å². The Morgan fingerprint density at radius 1 is 1.00 bits per heavy atom. The molecule has 0 spiro atoms. The summed E-state index contributed by atoms with van der Waals surface area (Å²) in [5, 5.41) is 8.39. The average molecular weight is 392 g/mol. The Hall–Kier alpha value is -2.44. The lowest BCUT2D eigenvalue weighted by atomic mass is 9.96. The van der Waals surface area contributed by atoms with Crippen molar-refractivity contribution in [2.75, 3.05) is 26.3 Å². The Balaban J connectivity index is 1.68. The molecule has 0 atom stereocenters. The van der Waals surface area contributed by atoms with E-state index in [1.165, 1.54) is 6.42 Å². The van der Waals surface area contributed by atoms with E-state index in [0.717, 1.165) is 37.0 Å². The lowest BCUT2D eigenvalue weighted by molar-refractivity contribution is -0.120. The van der Waals surface area contributed by atoms with E-state index in [2.05, 4.69) is 16.0 Å². The van der Waals surface area contributed by atoms with E-state index >= 15 is 0 Å². The van der Waals surface area contributed by atoms with Crippen LogP contribution in [-0.2, 0) is 11.2 Å². The summed E-state index contributed by atoms with van der Waals surface area (Å²) in [4.78, 5) is 23.8. The first kappa shape index (κ1) is 21.9. The van der Waals surface area contributed by atoms with Crippen LogP contribution < -0.4 is 25.4 Å². The van der Waals surface area contributed by atoms with Gasteiger partial charge in [-0.2, -0.15) is 0 Å². The van der Waals surface area contributed by atoms with Gasteiger partial charge < -0.3 is 25.4 Å². The molecule has 2 rings (SSSR count). The van der Waals surface area contributed by atoms with Crippen molar-refractivity contribution >= 4 is 11.9 Å². The first-order chi connectivity index (χ1) is 13.6. The van der Waals surface area contributed by atoms with Crippen LogP contribution >= 0.6 is 0 Å². The lowest BCUT2D eigenvalue weighted by Crippen LogP contribution is -2.46. The SMILES string of the molecule is CCOc1ccc(CCNC(=O)CNC(=O)NC2CCCCC2)cc1OCC. The molecule has 0 aliphatic heterocycles. The number of nitrogens with one attached hydrogen (secondary N) is 3. The van der Waals surface area contributed by atoms with E-state index in [0.29, 0.717) is 31.9 Å². The number of hydrogen-bond acceptors (Lipinski definition) is 4. The second-order valence-electron chi connectivity index (χ2n) is 6.91. The van der Waals surface area contributed by atoms with Crippen molar-refractivity contribution in [3.05, 3.63) is 23.8 Å². The van der Waals surface area contributed by atoms with Gasteiger partial charge in [0, 0.05) is 12.6 Å². The molecule has 0 radical (unpaired) electrons. The van der Waals surface area contributed by atoms with Gasteiger partial charge in [0.25, 0.3) is 0 Å². The van der Waals surface area contributed by atoms with E-state index in [9.17, 15) is 9.59 Å². The maximum absolute atomic E-state index is 11.9. The van der Waals surface area contributed by atoms with E-state index < -0.39 is 0 Å². The molecule has 1 aromatic carbocycles. The summed E-state index contributed by atoms with van der Waals surface area (Å²) in [7, 11) is 0. The molecule has 7 nitrogen and oxygen atoms in total. The third-order valence-corrected chi connectivity index (χ3v) is 4.69. The number of hydrogen-bond donors (Lipinski definition) is 3. The Morgan fingerprint density at radius 3 is 2.43 bits per heavy atom. The minimum atomic E-state index is -0.269. The van der Waals surface area contributed by atoms with Crippen LogP contribution in [0.3, 0.4) is 0 Å². The second-order valence-corrected chi connectivity index (χ2v) is 6.91. The number of carbonyl (C=O) groups is 2. The highest BCUT2D eigenvalue weighted by molar-refractivity contribution is 5.83. The predicted octanol–water partition coefficient (Wildman–Crippen LogP) is 2.77. The first-order valence-corrected chi connectivity index (χ1v) is 10.3. The van der Waals surface area contributed by atoms with Gasteiger partial charge in [-0.15, -0.1) is 0 Å². The molecule has 3 amide bonds. The summed E-state index contributed by atoms with van der Waals surface area (Å²) in [6.45, 7) is 5.48. The third-order valence-electron chi connectivity index (χ3n) is 4.69. The molecule has 28 heavy (non-hydrogen) atoms. The van der Waals surface area contributed by atoms with Gasteiger partial charge in [0.15, 0.2) is 11.5 Å². The summed E-state index contributed by atoms with van der Waals surface area (Å²) in [5.74, 6) is 1.24. The van der Waals surface area contributed by atoms with Crippen molar-refractivity contribution in [2.24, 2.45) is 0 Å². The van der Waals surface area contributed by atoms with Gasteiger partial charge in [-0.05, 0) is 50.8 Å². The Bertz CT molecular complexity index is 630. The van der Waals surface area contributed by atoms with Crippen molar-refractivity contribution in [1.29, 1.82) is 0 Å². The standard InChI is InChI=1S/C21H33N3O4/c1-3-27-18-11-10-16(14-19(18)28-4-2)12-13-22-20(25)15-23-21(26)24-17-8-6-5-7-9-17/h10-11,14,17H,3-9,12-13,15H2,1-2H3,(H,22,25)(H2,23,24,26). The molecule has 1 aliphatic carbocycles. The number of urea groups is 1. The largest absolute Gasteiger partial charge is 0.490 e. The van der Waals surface area contributed by atoms with Crippen molar-refractivity contribution in [2.45, 2.75) is 58.4 Å². The summed E-state index contributed by atoms with van der Waals surface area (Å²) in [6, 6.07) is 5.76. The van der Waals surface area contributed by atoms with Gasteiger partial charge in [-0.25, -0.2) is 4.79 Å². The molecule has 0 unspecified atom stereocenters. The number of benzene rings is 1. The topological polar surface area (TPSA) is 88.7 Å². The van der Waals surface area contributed by atoms with Crippen LogP contribution in [0.2, 0.25) is 0 Å². The Morgan fingerprint density at radius 2 is 1.71 bits per heavy atom. The molecule has 7 heteroatoms. The van der Waals surface area contributed by atoms with Crippen molar-refractivity contribution in [3.63, 3.8) is 0 Å². The van der Waals surface area contributed by atoms with E-state index in [1.54, 1.807) is 0 Å². The zero-order chi connectivity index (χ0) is 20.2. The van der Waals surface area contributed by atoms with Gasteiger partial charge in [-0.1, -0.05) is 25.3 Å². The first-order valence-electron chi connectivity index (χ1n) is 10.3. The quantitative estimate of drug-likeness (QED) is 0.572. The van der Waals surface area contributed by atoms with E-state index in [4.69, 9.17) is 9.47 Å². The van der Waals surface area contributed by atoms with Gasteiger partial charge >= 0.3 is 6.03 Å². The third kappa shape index (κ3) is 7.66. The van der Waals surface area contributed by atoms with Crippen LogP contribution in [0.1, 0.15) is 51.5 Å². The smallest absolute Gasteiger partial charge is 0.315 e. The van der Waals surface area contributed by atoms with Crippen molar-refractivity contribution in [3.8, 4) is 11.5 Å². The van der Waals surface area contributed by atoms with Crippen molar-refractivity contribution in [1.82, 2.24) is 16.0 Å². The molecule has 1 aromatic rings. The average Bonchev–Trinajstić information content (AvgIpc) is 2.69. The zero-order valence-electron chi connectivity index (χ0n) is 17.0. The zero-order valence-corrected chi connectivity index (χ0v) is 17.0. The highest BCUT2D eigenvalue weighted by atomic mass is 16.5. The Kier molecular flexibility index (Phi) is 9.45. The summed E-state index contributed by atoms with van der Waals surface area (Å²) < 4.78 is 11.2. The normalized spacial score (nSPS) is 14.2. The minimum absolute atomic E-state index is 0.0218. The van der Waals surface area contributed by atoms with Gasteiger partial charge in [0.05, 0.1) is 19.8 Å². The molecule has 1 saturated carbocycles. The molecule has 0 heterocycles. The van der Waals surface area contributed by atoms with Crippen LogP contribution in [-0.4, -0.2) is 44.3 Å². The number of carbonyl (C=O) groups excluding carboxylic acids is 2. The molecule has 0 bridgehead atoms. The maximum Gasteiger partial charge on any atom is 0.315 e. The van der Waals surface area contributed by atoms with Gasteiger partial charge in [0.2, 0.25) is 5.91 Å². The monoisotopic (exact) mass is 391 g/mol. The summed E-state index contributed by atoms with van der Waals surface area (Å²) in [5.41, 5.74) is 1.05. The van der Waals surface area contributed by atoms with Gasteiger partial charge in [-0.3, -0.25) is 4.79 Å². The fourth-order valence-corrected chi connectivity index (χ4v) is 3.30. The van der Waals surface area contributed by atoms with Crippen LogP contribution in [0.4, 0.5) is 4.79 Å². The molecular weight excluding hydrogens is 358 g/mol. The van der Waals surface area contributed by atoms with E-state index in [1.807, 2.05) is 32.0 Å². The van der Waals surface area contributed by atoms with Crippen LogP contribution in [0.15, 0.2) is 18.2 Å². The minimum Gasteiger partial charge on any atom is -0.490 e. The Labute approximate surface area is 167 Å². The molecular formula is C21H33N3O4. The number of rotatable bonds is 10. The summed E-state index contributed by atoms with van der Waals surface area (Å²) in [6.07, 6.45) is 6.26. The lowest BCUT2D eigenvalue weighted by Gasteiger charge is -2.22. The highest BCUT2D eigenvalue weighted by Crippen LogP contribution is 2.28. The van der Waals surface area contributed by atoms with Crippen LogP contribution in [0.5, 0.6) is 11.5 Å². The summed E-state index contributed by atoms with van der Waals surface area (Å²) >= 11 is 0. The molecule has 3 N–H and O–H groups in total. The molecule has 1 fully saturated rings. The molecule has 1 aliphatic rings. The molecule has 0 saturated heterocycles. The van der Waals surface area contributed by atoms with Crippen LogP contribution in [0.25, 0.3) is 0 Å². The van der Waals surface area contributed by atoms with Gasteiger partial charge in [0.1, 0.15) is 0 Å². The predicted molar refractivity (Wildman–Crippen MR) is 109 cm³/mol. The second kappa shape index (κ2) is 12.1. The number of ether oxygens (including phenoxy) is 2. The fraction of sp³-hybridized carbons (Fsp3) is 0.619. The molecule has 156 valence electrons. The van der Waals surface area contributed by atoms with Crippen LogP contribution in [0, 0.1) is 0 Å². The maximum atomic E-state index is 11.9.